The minimum atomic E-state index is -0.417. The summed E-state index contributed by atoms with van der Waals surface area (Å²) in [6.45, 7) is 6.03. The van der Waals surface area contributed by atoms with Crippen LogP contribution in [0.5, 0.6) is 0 Å². The average molecular weight is 452 g/mol. The van der Waals surface area contributed by atoms with Crippen molar-refractivity contribution in [2.75, 3.05) is 7.05 Å². The van der Waals surface area contributed by atoms with Crippen LogP contribution in [0.4, 0.5) is 4.39 Å². The van der Waals surface area contributed by atoms with E-state index < -0.39 is 5.82 Å². The topological polar surface area (TPSA) is 46.7 Å². The molecule has 0 unspecified atom stereocenters. The van der Waals surface area contributed by atoms with E-state index in [4.69, 9.17) is 11.6 Å². The average Bonchev–Trinajstić information content (AvgIpc) is 3.22. The summed E-state index contributed by atoms with van der Waals surface area (Å²) in [5.41, 5.74) is 5.63. The summed E-state index contributed by atoms with van der Waals surface area (Å²) in [6, 6.07) is 10.4. The van der Waals surface area contributed by atoms with Crippen LogP contribution in [0.2, 0.25) is 5.02 Å². The van der Waals surface area contributed by atoms with Gasteiger partial charge in [0.05, 0.1) is 16.4 Å². The van der Waals surface area contributed by atoms with Gasteiger partial charge in [-0.25, -0.2) is 9.37 Å². The van der Waals surface area contributed by atoms with Crippen molar-refractivity contribution in [1.29, 1.82) is 0 Å². The number of hydrogen-bond acceptors (Lipinski definition) is 3. The molecule has 4 nitrogen and oxygen atoms in total. The number of nitrogens with zero attached hydrogens (tertiary/aromatic N) is 3. The molecule has 0 saturated heterocycles. The number of rotatable bonds is 6. The number of halogens is 2. The lowest BCUT2D eigenvalue weighted by Gasteiger charge is -2.01. The summed E-state index contributed by atoms with van der Waals surface area (Å²) in [5, 5.41) is 0.111. The molecule has 3 aromatic rings. The van der Waals surface area contributed by atoms with E-state index in [9.17, 15) is 9.18 Å². The van der Waals surface area contributed by atoms with Crippen molar-refractivity contribution in [3.05, 3.63) is 95.1 Å². The normalized spacial score (nSPS) is 11.9. The molecule has 0 amide bonds. The lowest BCUT2D eigenvalue weighted by atomic mass is 10.1. The Balaban J connectivity index is 0.000000230. The van der Waals surface area contributed by atoms with Gasteiger partial charge in [0.2, 0.25) is 0 Å². The van der Waals surface area contributed by atoms with Crippen molar-refractivity contribution in [3.63, 3.8) is 0 Å². The fourth-order valence-electron chi connectivity index (χ4n) is 2.86. The van der Waals surface area contributed by atoms with Crippen LogP contribution in [0.1, 0.15) is 27.2 Å². The van der Waals surface area contributed by atoms with Gasteiger partial charge in [-0.15, -0.1) is 0 Å². The molecule has 0 N–H and O–H groups in total. The highest BCUT2D eigenvalue weighted by molar-refractivity contribution is 6.31. The Bertz CT molecular complexity index is 1150. The highest BCUT2D eigenvalue weighted by Crippen LogP contribution is 2.24. The van der Waals surface area contributed by atoms with Gasteiger partial charge < -0.3 is 9.20 Å². The Morgan fingerprint density at radius 1 is 1.25 bits per heavy atom. The Kier molecular flexibility index (Phi) is 9.76. The zero-order chi connectivity index (χ0) is 23.5. The highest BCUT2D eigenvalue weighted by atomic mass is 35.5. The molecule has 0 atom stereocenters. The minimum Gasteiger partial charge on any atom is -0.306 e. The van der Waals surface area contributed by atoms with Crippen molar-refractivity contribution >= 4 is 29.2 Å². The smallest absolute Gasteiger partial charge is 0.141 e. The molecule has 2 heterocycles. The van der Waals surface area contributed by atoms with Gasteiger partial charge in [-0.1, -0.05) is 41.5 Å². The molecular formula is C26H27ClFN3O. The molecule has 0 aliphatic carbocycles. The van der Waals surface area contributed by atoms with Gasteiger partial charge in [-0.3, -0.25) is 4.99 Å². The van der Waals surface area contributed by atoms with Crippen molar-refractivity contribution in [2.45, 2.75) is 27.2 Å². The molecule has 3 rings (SSSR count). The predicted molar refractivity (Wildman–Crippen MR) is 132 cm³/mol. The van der Waals surface area contributed by atoms with Gasteiger partial charge in [0, 0.05) is 31.4 Å². The standard InChI is InChI=1S/C13H8ClFN2.C13H19NO/c14-10-7-9(4-5-11(10)15)12-8-17-6-2-1-3-13(17)16-12;1-5-12(8-6-7-9-15)13(14-4)10-11(2)3/h1-8H;5-6,8-10H,7H2,1-4H3/b;8-6-,12-5+,14-13?. The Morgan fingerprint density at radius 2 is 2.03 bits per heavy atom. The van der Waals surface area contributed by atoms with Crippen LogP contribution in [-0.4, -0.2) is 28.4 Å². The number of imidazole rings is 1. The zero-order valence-electron chi connectivity index (χ0n) is 18.7. The van der Waals surface area contributed by atoms with Crippen molar-refractivity contribution in [1.82, 2.24) is 9.38 Å². The first-order chi connectivity index (χ1) is 15.4. The van der Waals surface area contributed by atoms with Gasteiger partial charge in [0.15, 0.2) is 0 Å². The van der Waals surface area contributed by atoms with Crippen LogP contribution in [0.3, 0.4) is 0 Å². The number of benzene rings is 1. The quantitative estimate of drug-likeness (QED) is 0.232. The van der Waals surface area contributed by atoms with Gasteiger partial charge in [0.25, 0.3) is 0 Å². The SMILES string of the molecule is C/C=C(\C=C/CC=O)C(C=C(C)C)=NC.Fc1ccc(-c2cn3ccccc3n2)cc1Cl. The monoisotopic (exact) mass is 451 g/mol. The summed E-state index contributed by atoms with van der Waals surface area (Å²) in [4.78, 5) is 18.8. The van der Waals surface area contributed by atoms with Gasteiger partial charge >= 0.3 is 0 Å². The van der Waals surface area contributed by atoms with Gasteiger partial charge in [-0.05, 0) is 62.8 Å². The molecule has 2 aromatic heterocycles. The Labute approximate surface area is 193 Å². The molecule has 0 fully saturated rings. The second-order valence-corrected chi connectivity index (χ2v) is 7.51. The summed E-state index contributed by atoms with van der Waals surface area (Å²) in [5.74, 6) is -0.417. The number of aliphatic imine (C=N–C) groups is 1. The highest BCUT2D eigenvalue weighted by Gasteiger charge is 2.06. The second-order valence-electron chi connectivity index (χ2n) is 7.10. The molecule has 0 spiro atoms. The molecular weight excluding hydrogens is 425 g/mol. The molecule has 0 saturated carbocycles. The van der Waals surface area contributed by atoms with E-state index in [1.807, 2.05) is 80.1 Å². The number of carbonyl (C=O) groups is 1. The van der Waals surface area contributed by atoms with E-state index in [2.05, 4.69) is 9.98 Å². The van der Waals surface area contributed by atoms with Crippen molar-refractivity contribution in [2.24, 2.45) is 4.99 Å². The first-order valence-electron chi connectivity index (χ1n) is 10.2. The second kappa shape index (κ2) is 12.5. The maximum atomic E-state index is 13.1. The Morgan fingerprint density at radius 3 is 2.62 bits per heavy atom. The molecule has 166 valence electrons. The van der Waals surface area contributed by atoms with Crippen LogP contribution in [0.25, 0.3) is 16.9 Å². The van der Waals surface area contributed by atoms with E-state index in [0.717, 1.165) is 34.5 Å². The number of pyridine rings is 1. The third kappa shape index (κ3) is 7.13. The summed E-state index contributed by atoms with van der Waals surface area (Å²) < 4.78 is 15.0. The largest absolute Gasteiger partial charge is 0.306 e. The fourth-order valence-corrected chi connectivity index (χ4v) is 3.04. The number of hydrogen-bond donors (Lipinski definition) is 0. The number of aldehydes is 1. The van der Waals surface area contributed by atoms with Crippen molar-refractivity contribution in [3.8, 4) is 11.3 Å². The van der Waals surface area contributed by atoms with Crippen LogP contribution < -0.4 is 0 Å². The lowest BCUT2D eigenvalue weighted by Crippen LogP contribution is -1.97. The van der Waals surface area contributed by atoms with Gasteiger partial charge in [-0.2, -0.15) is 0 Å². The first kappa shape index (κ1) is 25.0. The van der Waals surface area contributed by atoms with Crippen LogP contribution in [0.15, 0.2) is 89.2 Å². The maximum absolute atomic E-state index is 13.1. The summed E-state index contributed by atoms with van der Waals surface area (Å²) >= 11 is 5.75. The van der Waals surface area contributed by atoms with Gasteiger partial charge in [0.1, 0.15) is 17.8 Å². The Hall–Kier alpha value is -3.31. The minimum absolute atomic E-state index is 0.111. The molecule has 0 bridgehead atoms. The molecule has 0 aliphatic heterocycles. The number of carbonyl (C=O) groups excluding carboxylic acids is 1. The summed E-state index contributed by atoms with van der Waals surface area (Å²) in [7, 11) is 1.77. The number of allylic oxidation sites excluding steroid dienone is 6. The van der Waals surface area contributed by atoms with Crippen LogP contribution in [-0.2, 0) is 4.79 Å². The van der Waals surface area contributed by atoms with Crippen LogP contribution in [0, 0.1) is 5.82 Å². The molecule has 0 radical (unpaired) electrons. The predicted octanol–water partition coefficient (Wildman–Crippen LogP) is 6.91. The van der Waals surface area contributed by atoms with E-state index in [1.165, 1.54) is 11.6 Å². The summed E-state index contributed by atoms with van der Waals surface area (Å²) in [6.07, 6.45) is 12.9. The number of aromatic nitrogens is 2. The third-order valence-electron chi connectivity index (χ3n) is 4.38. The number of fused-ring (bicyclic) bond motifs is 1. The molecule has 6 heteroatoms. The molecule has 1 aromatic carbocycles. The third-order valence-corrected chi connectivity index (χ3v) is 4.67. The van der Waals surface area contributed by atoms with Crippen LogP contribution >= 0.6 is 11.6 Å². The molecule has 32 heavy (non-hydrogen) atoms. The van der Waals surface area contributed by atoms with Crippen molar-refractivity contribution < 1.29 is 9.18 Å². The lowest BCUT2D eigenvalue weighted by molar-refractivity contribution is -0.107. The van der Waals surface area contributed by atoms with E-state index >= 15 is 0 Å². The first-order valence-corrected chi connectivity index (χ1v) is 10.5. The van der Waals surface area contributed by atoms with E-state index in [1.54, 1.807) is 19.2 Å². The van der Waals surface area contributed by atoms with E-state index in [-0.39, 0.29) is 5.02 Å². The fraction of sp³-hybridized carbons (Fsp3) is 0.192. The zero-order valence-corrected chi connectivity index (χ0v) is 19.5. The van der Waals surface area contributed by atoms with E-state index in [0.29, 0.717) is 6.42 Å². The maximum Gasteiger partial charge on any atom is 0.141 e. The molecule has 0 aliphatic rings.